The zero-order chi connectivity index (χ0) is 72.5. The van der Waals surface area contributed by atoms with E-state index < -0.39 is 249 Å². The van der Waals surface area contributed by atoms with Crippen LogP contribution in [0.3, 0.4) is 0 Å². The zero-order valence-corrected chi connectivity index (χ0v) is 58.9. The second-order valence-corrected chi connectivity index (χ2v) is 28.4. The Bertz CT molecular complexity index is 4630. The Hall–Kier alpha value is -7.18. The number of hydrogen-bond donors (Lipinski definition) is 4. The number of phenolic OH excluding ortho intramolecular Hbond substituents is 4. The Morgan fingerprint density at radius 2 is 0.830 bits per heavy atom. The first-order valence-corrected chi connectivity index (χ1v) is 34.0. The van der Waals surface area contributed by atoms with Crippen molar-refractivity contribution in [2.45, 2.75) is 203 Å². The number of carbonyl (C=O) groups is 2. The maximum atomic E-state index is 18.1. The molecule has 0 radical (unpaired) electrons. The molecule has 4 N–H and O–H groups in total. The first-order chi connectivity index (χ1) is 47.5. The lowest BCUT2D eigenvalue weighted by atomic mass is 9.55. The van der Waals surface area contributed by atoms with Crippen LogP contribution in [0.1, 0.15) is 138 Å². The highest BCUT2D eigenvalue weighted by molar-refractivity contribution is 6.25. The van der Waals surface area contributed by atoms with Crippen molar-refractivity contribution in [2.24, 2.45) is 23.7 Å². The molecule has 28 nitrogen and oxygen atoms in total. The number of aromatic hydroxyl groups is 4. The molecule has 4 aliphatic heterocycles. The van der Waals surface area contributed by atoms with Crippen LogP contribution in [0.2, 0.25) is 0 Å². The molecule has 6 aromatic carbocycles. The number of likely N-dealkylation sites (N-methyl/N-ethyl adjacent to an activating group) is 2. The van der Waals surface area contributed by atoms with Crippen LogP contribution in [0.15, 0.2) is 43.4 Å². The number of carbonyl (C=O) groups excluding carboxylic acids is 2. The van der Waals surface area contributed by atoms with Crippen LogP contribution in [-0.2, 0) is 56.8 Å². The maximum Gasteiger partial charge on any atom is 0.333 e. The molecule has 6 aromatic rings. The number of hydrogen-bond acceptors (Lipinski definition) is 24. The van der Waals surface area contributed by atoms with Gasteiger partial charge >= 0.3 is 10.7 Å². The van der Waals surface area contributed by atoms with Crippen LogP contribution in [0, 0.1) is 23.7 Å². The molecule has 0 bridgehead atoms. The maximum absolute atomic E-state index is 18.1. The Labute approximate surface area is 574 Å². The second-order valence-electron chi connectivity index (χ2n) is 28.4. The molecule has 0 aromatic heterocycles. The third-order valence-corrected chi connectivity index (χ3v) is 22.9. The second kappa shape index (κ2) is 27.2. The van der Waals surface area contributed by atoms with Crippen LogP contribution >= 0.6 is 0 Å². The minimum atomic E-state index is -2.49. The van der Waals surface area contributed by atoms with E-state index in [0.29, 0.717) is 0 Å². The van der Waals surface area contributed by atoms with Gasteiger partial charge in [0.25, 0.3) is 0 Å². The number of Topliss-reactive ketones (excluding diaryl/α,β-unsaturated/α-hetero) is 2. The molecule has 0 saturated carbocycles. The van der Waals surface area contributed by atoms with E-state index in [9.17, 15) is 50.7 Å². The summed E-state index contributed by atoms with van der Waals surface area (Å²) in [5.74, 6) is -11.1. The van der Waals surface area contributed by atoms with Crippen molar-refractivity contribution in [1.29, 1.82) is 0 Å². The predicted molar refractivity (Wildman–Crippen MR) is 357 cm³/mol. The van der Waals surface area contributed by atoms with Crippen molar-refractivity contribution in [3.8, 4) is 23.0 Å². The molecule has 22 atom stereocenters. The van der Waals surface area contributed by atoms with Gasteiger partial charge in [-0.1, -0.05) is 27.7 Å². The molecule has 0 spiro atoms. The molecule has 6 aliphatic rings. The number of phenols is 4. The minimum Gasteiger partial charge on any atom is -0.506 e. The smallest absolute Gasteiger partial charge is 0.333 e. The van der Waals surface area contributed by atoms with Crippen LogP contribution in [0.25, 0.3) is 54.2 Å². The van der Waals surface area contributed by atoms with Gasteiger partial charge in [-0.3, -0.25) is 28.8 Å². The lowest BCUT2D eigenvalue weighted by molar-refractivity contribution is -0.351. The summed E-state index contributed by atoms with van der Waals surface area (Å²) in [4.78, 5) is 104. The third-order valence-electron chi connectivity index (χ3n) is 22.9. The molecule has 538 valence electrons. The van der Waals surface area contributed by atoms with Crippen LogP contribution in [-0.4, -0.2) is 205 Å². The molecule has 12 rings (SSSR count). The van der Waals surface area contributed by atoms with E-state index >= 15 is 9.59 Å². The van der Waals surface area contributed by atoms with Crippen molar-refractivity contribution < 1.29 is 96.4 Å². The molecule has 6 unspecified atom stereocenters. The molecule has 2 aliphatic carbocycles. The SMILES string of the molecule is CCC1(O[C@H]2CC(OC)[C@@H](OC)C(C)O2)[C@H](O[C@@H]2C[C@@H](C)[C@@H](N(C)C)C(C)O2)c2c(c3c(O)c4c(=O)ccc(=O)c4c(O)c3c2=[N+]=[N-])C(=O)[C@@H]1[C@H]1C(=O)c2c(c(=[N+]=[N-])c3c(O)c4c(=O)ccc(=O)c4c(O)c23)[C@@H](O[C@@H]2CC(OC)[C@@H](N(C)C)[C@H](C)O2)[C@@]1(CC)O[C@H]1C[C@@H](OC)[C@@H](C)C(C)O1. The number of methoxy groups -OCH3 is 4. The quantitative estimate of drug-likeness (QED) is 0.0525. The van der Waals surface area contributed by atoms with Gasteiger partial charge in [0.15, 0.2) is 58.4 Å². The summed E-state index contributed by atoms with van der Waals surface area (Å²) < 4.78 is 82.3. The minimum absolute atomic E-state index is 0.0440. The Morgan fingerprint density at radius 1 is 0.470 bits per heavy atom. The first kappa shape index (κ1) is 72.6. The summed E-state index contributed by atoms with van der Waals surface area (Å²) >= 11 is 0. The molecule has 4 fully saturated rings. The predicted octanol–water partition coefficient (Wildman–Crippen LogP) is 5.08. The molecule has 100 heavy (non-hydrogen) atoms. The summed E-state index contributed by atoms with van der Waals surface area (Å²) in [6.07, 6.45) is -15.8. The monoisotopic (exact) mass is 1390 g/mol. The fourth-order valence-corrected chi connectivity index (χ4v) is 18.4. The number of ether oxygens (including phenoxy) is 12. The van der Waals surface area contributed by atoms with E-state index in [4.69, 9.17) is 56.8 Å². The summed E-state index contributed by atoms with van der Waals surface area (Å²) in [7, 11) is 13.5. The molecule has 4 saturated heterocycles. The van der Waals surface area contributed by atoms with Gasteiger partial charge in [0.05, 0.1) is 93.3 Å². The van der Waals surface area contributed by atoms with Gasteiger partial charge in [-0.25, -0.2) is 0 Å². The number of rotatable bonds is 17. The van der Waals surface area contributed by atoms with Crippen molar-refractivity contribution in [3.63, 3.8) is 0 Å². The Kier molecular flexibility index (Phi) is 19.8. The fraction of sp³-hybridized carbons (Fsp3) is 0.611. The van der Waals surface area contributed by atoms with Crippen molar-refractivity contribution >= 4 is 54.7 Å². The topological polar surface area (TPSA) is 373 Å². The van der Waals surface area contributed by atoms with Crippen molar-refractivity contribution in [1.82, 2.24) is 9.80 Å². The first-order valence-electron chi connectivity index (χ1n) is 34.0. The summed E-state index contributed by atoms with van der Waals surface area (Å²) in [6.45, 7) is 14.3. The Morgan fingerprint density at radius 3 is 1.20 bits per heavy atom. The summed E-state index contributed by atoms with van der Waals surface area (Å²) in [5, 5.41) is 45.0. The van der Waals surface area contributed by atoms with Gasteiger partial charge in [0, 0.05) is 88.0 Å². The molecule has 4 heterocycles. The zero-order valence-electron chi connectivity index (χ0n) is 58.9. The fourth-order valence-electron chi connectivity index (χ4n) is 18.4. The highest BCUT2D eigenvalue weighted by atomic mass is 16.7. The molecular formula is C72H88N6O22. The lowest BCUT2D eigenvalue weighted by Crippen LogP contribution is -2.68. The number of ketones is 2. The lowest BCUT2D eigenvalue weighted by Gasteiger charge is -2.58. The third kappa shape index (κ3) is 10.9. The molecule has 28 heteroatoms. The number of benzene rings is 4. The molecule has 0 amide bonds. The van der Waals surface area contributed by atoms with Crippen LogP contribution in [0.4, 0.5) is 0 Å². The van der Waals surface area contributed by atoms with Gasteiger partial charge in [0.1, 0.15) is 63.3 Å². The van der Waals surface area contributed by atoms with Gasteiger partial charge in [-0.15, -0.1) is 0 Å². The number of nitrogens with zero attached hydrogens (tertiary/aromatic N) is 6. The van der Waals surface area contributed by atoms with Gasteiger partial charge < -0.3 is 98.1 Å². The van der Waals surface area contributed by atoms with E-state index in [1.54, 1.807) is 34.6 Å². The highest BCUT2D eigenvalue weighted by Gasteiger charge is 2.71. The van der Waals surface area contributed by atoms with Gasteiger partial charge in [-0.2, -0.15) is 9.58 Å². The largest absolute Gasteiger partial charge is 0.506 e. The van der Waals surface area contributed by atoms with Gasteiger partial charge in [0.2, 0.25) is 0 Å². The van der Waals surface area contributed by atoms with Crippen LogP contribution in [0.5, 0.6) is 23.0 Å². The normalized spacial score (nSPS) is 34.9. The van der Waals surface area contributed by atoms with E-state index in [-0.39, 0.29) is 54.7 Å². The average Bonchev–Trinajstić information content (AvgIpc) is 1.43. The van der Waals surface area contributed by atoms with E-state index in [0.717, 1.165) is 24.3 Å². The summed E-state index contributed by atoms with van der Waals surface area (Å²) in [6, 6.07) is 2.95. The van der Waals surface area contributed by atoms with Crippen molar-refractivity contribution in [3.05, 3.63) is 109 Å². The molecular weight excluding hydrogens is 1300 g/mol. The standard InChI is InChI=1S/C72H88N6O22/c1-17-71(100-43-26-39(91-15)68(92-16)32(8)96-43)56(66(87)50-48-52(64(85)46-35(81)21-19-33(79)44(46)62(48)83)58(75-73)54(50)69(71)97-40-23-27(3)60(77(9)10)30(6)94-40)57-67(88)51-49-53(65(86)47-36(82)22-20-34(80)45(47)63(49)84)59(76-74)55(51)70(98-41-25-38(90-14)61(78(11)12)31(7)95-41)72(57,18-2)99-42-24-37(89-13)28(4)29(5)93-42/h19-22,27-32,37-43,56-57,60-61,68-70,83-86H,17-18,23-26H2,1-16H3/t27-,28+,29?,30?,31+,32?,37-,38?,39?,40-,41-,42+,43+,56+,57+,60-,61+,68+,69-,70-,71?,72+/m1/s1. The van der Waals surface area contributed by atoms with Gasteiger partial charge in [-0.05, 0) is 98.9 Å². The average molecular weight is 1390 g/mol. The van der Waals surface area contributed by atoms with Crippen LogP contribution < -0.4 is 32.4 Å². The van der Waals surface area contributed by atoms with E-state index in [2.05, 4.69) is 9.58 Å². The van der Waals surface area contributed by atoms with E-state index in [1.807, 2.05) is 58.8 Å². The summed E-state index contributed by atoms with van der Waals surface area (Å²) in [5.41, 5.74) is 12.9. The number of fused-ring (bicyclic) bond motifs is 8. The van der Waals surface area contributed by atoms with Crippen molar-refractivity contribution in [2.75, 3.05) is 56.6 Å². The highest BCUT2D eigenvalue weighted by Crippen LogP contribution is 2.63. The van der Waals surface area contributed by atoms with E-state index in [1.165, 1.54) is 28.4 Å². The Balaban J connectivity index is 1.27.